The van der Waals surface area contributed by atoms with Gasteiger partial charge in [-0.25, -0.2) is 8.78 Å². The Morgan fingerprint density at radius 1 is 0.478 bits per heavy atom. The van der Waals surface area contributed by atoms with E-state index in [1.54, 1.807) is 23.6 Å². The molecule has 13 aliphatic rings. The normalized spacial score (nSPS) is 32.0. The molecule has 4 bridgehead atoms. The maximum atomic E-state index is 11.9. The zero-order valence-electron chi connectivity index (χ0n) is 58.4. The van der Waals surface area contributed by atoms with Crippen LogP contribution in [-0.4, -0.2) is 352 Å². The number of rotatable bonds is 7. The molecule has 2 aromatic rings. The molecular formula is C69H124F2N14O5. The Hall–Kier alpha value is -2.84. The summed E-state index contributed by atoms with van der Waals surface area (Å²) in [6.45, 7) is 32.6. The van der Waals surface area contributed by atoms with Gasteiger partial charge in [0, 0.05) is 209 Å². The van der Waals surface area contributed by atoms with E-state index in [4.69, 9.17) is 14.2 Å². The standard InChI is InChI=1S/C11H20N2O.C10H16N2O.C9H18N2O.C8H9F2NO.2C8H16N2.C8H15NO.C7H14N2/c1-12-9-2-3-10(12)7-13(6-9)11-4-5-14-8-11;1-9-4-5-10(13)12(8-9)7-6-11(2)3;1-10-3-5-11(6-4-10)9-2-7-12-8-9;1-6-2-3-8(12)11(4-6)5-7(9)10;1-9-5-7-3-4-10(2)8(7)6-9;1-9-5-7-3-4-8(6-9)10(7)2;1-9-3-2-7-5-10-6-8(7)4-9;1-8-3-7(4-8)5-9(2)6-7/h9-11H,2-8H2,1H3;4-5,8H,6-7H2,1-3H3;9H,2-8H2,1H3;2-4,7H,5H2,1H3;2*7-8H,3-6H2,1-2H3;7-8H,2-6H2,1H3;3-6H2,1-2H3. The molecule has 13 fully saturated rings. The lowest BCUT2D eigenvalue weighted by Crippen LogP contribution is -2.70. The SMILES string of the molecule is CN1C2CCC1CN(C1CCOC1)C2.CN1CC2(C1)CN(C)C2.CN1CC2CCC(C1)N2C.CN1CC2CCN(C)C2C1.CN1CCC2COCC2C1.CN1CCN(C2CCOC2)CC1.Cc1ccc(=O)n(CC(F)F)c1.Cc1ccc(=O)n(CCN(C)C)c1. The average Bonchev–Trinajstić information content (AvgIpc) is 1.84. The maximum absolute atomic E-state index is 11.9. The predicted molar refractivity (Wildman–Crippen MR) is 361 cm³/mol. The molecule has 514 valence electrons. The first-order valence-corrected chi connectivity index (χ1v) is 34.7. The van der Waals surface area contributed by atoms with Crippen LogP contribution < -0.4 is 11.1 Å². The third-order valence-electron chi connectivity index (χ3n) is 21.9. The Bertz CT molecular complexity index is 2460. The van der Waals surface area contributed by atoms with Gasteiger partial charge >= 0.3 is 0 Å². The van der Waals surface area contributed by atoms with E-state index in [1.165, 1.54) is 175 Å². The Kier molecular flexibility index (Phi) is 28.6. The zero-order valence-corrected chi connectivity index (χ0v) is 58.4. The molecule has 90 heavy (non-hydrogen) atoms. The minimum absolute atomic E-state index is 0.0763. The fourth-order valence-corrected chi connectivity index (χ4v) is 16.5. The molecule has 0 aliphatic carbocycles. The largest absolute Gasteiger partial charge is 0.381 e. The van der Waals surface area contributed by atoms with Crippen LogP contribution in [0.25, 0.3) is 0 Å². The van der Waals surface area contributed by atoms with Gasteiger partial charge in [-0.15, -0.1) is 0 Å². The Morgan fingerprint density at radius 3 is 1.48 bits per heavy atom. The van der Waals surface area contributed by atoms with Gasteiger partial charge in [-0.3, -0.25) is 29.2 Å². The fraction of sp³-hybridized carbons (Fsp3) is 0.855. The quantitative estimate of drug-likeness (QED) is 0.401. The summed E-state index contributed by atoms with van der Waals surface area (Å²) >= 11 is 0. The first-order valence-electron chi connectivity index (χ1n) is 34.7. The van der Waals surface area contributed by atoms with Crippen LogP contribution in [0.3, 0.4) is 0 Å². The Labute approximate surface area is 542 Å². The minimum atomic E-state index is -2.48. The topological polar surface area (TPSA) is 111 Å². The number of piperidine rings is 1. The van der Waals surface area contributed by atoms with Crippen molar-refractivity contribution in [3.05, 3.63) is 68.5 Å². The molecule has 0 N–H and O–H groups in total. The molecule has 0 amide bonds. The van der Waals surface area contributed by atoms with Crippen LogP contribution in [0.2, 0.25) is 0 Å². The highest BCUT2D eigenvalue weighted by molar-refractivity contribution is 5.08. The van der Waals surface area contributed by atoms with Crippen molar-refractivity contribution in [3.8, 4) is 0 Å². The molecule has 1 spiro atoms. The Morgan fingerprint density at radius 2 is 0.967 bits per heavy atom. The van der Waals surface area contributed by atoms with Gasteiger partial charge in [-0.2, -0.15) is 0 Å². The lowest BCUT2D eigenvalue weighted by atomic mass is 9.74. The van der Waals surface area contributed by atoms with Gasteiger partial charge in [0.25, 0.3) is 17.5 Å². The lowest BCUT2D eigenvalue weighted by Gasteiger charge is -2.58. The van der Waals surface area contributed by atoms with Crippen molar-refractivity contribution in [3.63, 3.8) is 0 Å². The third-order valence-corrected chi connectivity index (χ3v) is 21.9. The molecule has 15 rings (SSSR count). The highest BCUT2D eigenvalue weighted by Crippen LogP contribution is 2.37. The molecule has 10 atom stereocenters. The van der Waals surface area contributed by atoms with E-state index in [2.05, 4.69) is 122 Å². The summed E-state index contributed by atoms with van der Waals surface area (Å²) in [4.78, 5) is 51.7. The third kappa shape index (κ3) is 21.8. The first kappa shape index (κ1) is 73.0. The number of aromatic nitrogens is 2. The predicted octanol–water partition coefficient (Wildman–Crippen LogP) is 3.81. The van der Waals surface area contributed by atoms with Crippen LogP contribution in [0.15, 0.2) is 46.2 Å². The molecule has 19 nitrogen and oxygen atoms in total. The summed E-state index contributed by atoms with van der Waals surface area (Å²) in [6.07, 6.45) is 11.8. The second kappa shape index (κ2) is 35.2. The van der Waals surface area contributed by atoms with Gasteiger partial charge in [-0.1, -0.05) is 12.1 Å². The first-order chi connectivity index (χ1) is 43.0. The molecule has 2 aromatic heterocycles. The number of alkyl halides is 2. The van der Waals surface area contributed by atoms with Gasteiger partial charge in [-0.05, 0) is 179 Å². The van der Waals surface area contributed by atoms with Crippen molar-refractivity contribution >= 4 is 0 Å². The fourth-order valence-electron chi connectivity index (χ4n) is 16.5. The van der Waals surface area contributed by atoms with Crippen molar-refractivity contribution in [2.75, 3.05) is 235 Å². The average molecular weight is 1270 g/mol. The van der Waals surface area contributed by atoms with Crippen LogP contribution in [0, 0.1) is 37.0 Å². The van der Waals surface area contributed by atoms with Crippen LogP contribution in [0.1, 0.15) is 62.5 Å². The number of hydrogen-bond acceptors (Lipinski definition) is 17. The van der Waals surface area contributed by atoms with Crippen LogP contribution >= 0.6 is 0 Å². The summed E-state index contributed by atoms with van der Waals surface area (Å²) in [5.74, 6) is 2.71. The zero-order chi connectivity index (χ0) is 64.6. The van der Waals surface area contributed by atoms with Crippen molar-refractivity contribution in [1.82, 2.24) is 67.9 Å². The number of pyridine rings is 2. The van der Waals surface area contributed by atoms with E-state index in [0.717, 1.165) is 134 Å². The number of likely N-dealkylation sites (tertiary alicyclic amines) is 7. The van der Waals surface area contributed by atoms with E-state index < -0.39 is 13.0 Å². The number of likely N-dealkylation sites (N-methyl/N-ethyl adjacent to an activating group) is 7. The van der Waals surface area contributed by atoms with Gasteiger partial charge < -0.3 is 62.5 Å². The molecule has 10 unspecified atom stereocenters. The molecule has 15 heterocycles. The van der Waals surface area contributed by atoms with Crippen molar-refractivity contribution in [1.29, 1.82) is 0 Å². The van der Waals surface area contributed by atoms with Crippen molar-refractivity contribution in [2.24, 2.45) is 23.2 Å². The molecule has 0 radical (unpaired) electrons. The second-order valence-electron chi connectivity index (χ2n) is 30.1. The lowest BCUT2D eigenvalue weighted by molar-refractivity contribution is -0.0926. The Balaban J connectivity index is 0.000000133. The van der Waals surface area contributed by atoms with Crippen molar-refractivity contribution in [2.45, 2.75) is 127 Å². The molecule has 13 saturated heterocycles. The number of ether oxygens (including phenoxy) is 3. The highest BCUT2D eigenvalue weighted by Gasteiger charge is 2.49. The van der Waals surface area contributed by atoms with Gasteiger partial charge in [0.2, 0.25) is 0 Å². The number of halogens is 2. The molecule has 13 aliphatic heterocycles. The minimum Gasteiger partial charge on any atom is -0.381 e. The number of piperazine rings is 3. The van der Waals surface area contributed by atoms with E-state index >= 15 is 0 Å². The van der Waals surface area contributed by atoms with E-state index in [0.29, 0.717) is 0 Å². The monoisotopic (exact) mass is 1270 g/mol. The summed E-state index contributed by atoms with van der Waals surface area (Å²) in [6, 6.07) is 12.1. The molecule has 0 aromatic carbocycles. The summed E-state index contributed by atoms with van der Waals surface area (Å²) in [5.41, 5.74) is 2.35. The number of hydrogen-bond donors (Lipinski definition) is 0. The van der Waals surface area contributed by atoms with Gasteiger partial charge in [0.05, 0.1) is 26.4 Å². The van der Waals surface area contributed by atoms with Crippen LogP contribution in [-0.2, 0) is 27.3 Å². The molecule has 0 saturated carbocycles. The number of fused-ring (bicyclic) bond motifs is 6. The second-order valence-corrected chi connectivity index (χ2v) is 30.1. The van der Waals surface area contributed by atoms with Gasteiger partial charge in [0.1, 0.15) is 0 Å². The summed E-state index contributed by atoms with van der Waals surface area (Å²) in [5, 5.41) is 0. The van der Waals surface area contributed by atoms with E-state index in [1.807, 2.05) is 33.3 Å². The van der Waals surface area contributed by atoms with Crippen LogP contribution in [0.4, 0.5) is 8.78 Å². The van der Waals surface area contributed by atoms with E-state index in [-0.39, 0.29) is 11.1 Å². The summed E-state index contributed by atoms with van der Waals surface area (Å²) in [7, 11) is 24.1. The summed E-state index contributed by atoms with van der Waals surface area (Å²) < 4.78 is 42.8. The van der Waals surface area contributed by atoms with Crippen molar-refractivity contribution < 1.29 is 23.0 Å². The number of nitrogens with zero attached hydrogens (tertiary/aromatic N) is 14. The van der Waals surface area contributed by atoms with Gasteiger partial charge in [0.15, 0.2) is 0 Å². The maximum Gasteiger partial charge on any atom is 0.256 e. The van der Waals surface area contributed by atoms with Crippen LogP contribution in [0.5, 0.6) is 0 Å². The van der Waals surface area contributed by atoms with E-state index in [9.17, 15) is 18.4 Å². The highest BCUT2D eigenvalue weighted by atomic mass is 19.3. The number of aryl methyl sites for hydroxylation is 2. The smallest absolute Gasteiger partial charge is 0.256 e. The molecule has 21 heteroatoms. The molecular weight excluding hydrogens is 1140 g/mol.